The van der Waals surface area contributed by atoms with Crippen LogP contribution in [0.25, 0.3) is 0 Å². The summed E-state index contributed by atoms with van der Waals surface area (Å²) in [4.78, 5) is 21.0. The van der Waals surface area contributed by atoms with Crippen molar-refractivity contribution < 1.29 is 20.2 Å². The van der Waals surface area contributed by atoms with Crippen LogP contribution in [0.4, 0.5) is 0 Å². The third-order valence-electron chi connectivity index (χ3n) is 1.37. The van der Waals surface area contributed by atoms with Gasteiger partial charge in [-0.05, 0) is 13.3 Å². The summed E-state index contributed by atoms with van der Waals surface area (Å²) in [5.74, 6) is -1.23. The highest BCUT2D eigenvalue weighted by Gasteiger charge is 2.12. The van der Waals surface area contributed by atoms with E-state index in [4.69, 9.17) is 10.8 Å². The SMILES string of the molecule is CCNC(=O)CC[C@H](N)C(=O)O.O. The molecule has 1 atom stereocenters. The van der Waals surface area contributed by atoms with Crippen molar-refractivity contribution in [2.45, 2.75) is 25.8 Å². The van der Waals surface area contributed by atoms with Crippen molar-refractivity contribution in [1.82, 2.24) is 5.32 Å². The molecule has 0 bridgehead atoms. The molecule has 0 aliphatic rings. The van der Waals surface area contributed by atoms with Crippen LogP contribution in [0.2, 0.25) is 0 Å². The van der Waals surface area contributed by atoms with E-state index in [-0.39, 0.29) is 24.2 Å². The Hall–Kier alpha value is -1.14. The number of carboxylic acids is 1. The Morgan fingerprint density at radius 2 is 2.08 bits per heavy atom. The molecule has 0 aliphatic heterocycles. The van der Waals surface area contributed by atoms with Crippen molar-refractivity contribution in [3.05, 3.63) is 0 Å². The van der Waals surface area contributed by atoms with Gasteiger partial charge in [-0.2, -0.15) is 0 Å². The van der Waals surface area contributed by atoms with E-state index in [1.807, 2.05) is 0 Å². The topological polar surface area (TPSA) is 124 Å². The van der Waals surface area contributed by atoms with E-state index >= 15 is 0 Å². The van der Waals surface area contributed by atoms with Gasteiger partial charge in [0.1, 0.15) is 6.04 Å². The van der Waals surface area contributed by atoms with Gasteiger partial charge in [0, 0.05) is 13.0 Å². The first-order valence-corrected chi connectivity index (χ1v) is 3.83. The number of rotatable bonds is 5. The van der Waals surface area contributed by atoms with E-state index in [0.717, 1.165) is 0 Å². The van der Waals surface area contributed by atoms with Crippen molar-refractivity contribution in [2.24, 2.45) is 5.73 Å². The Kier molecular flexibility index (Phi) is 8.31. The second-order valence-electron chi connectivity index (χ2n) is 2.44. The maximum absolute atomic E-state index is 10.8. The molecule has 0 saturated carbocycles. The van der Waals surface area contributed by atoms with Gasteiger partial charge in [0.25, 0.3) is 0 Å². The van der Waals surface area contributed by atoms with Crippen molar-refractivity contribution in [1.29, 1.82) is 0 Å². The molecule has 0 aromatic carbocycles. The third kappa shape index (κ3) is 7.23. The van der Waals surface area contributed by atoms with Crippen molar-refractivity contribution in [3.63, 3.8) is 0 Å². The smallest absolute Gasteiger partial charge is 0.320 e. The molecule has 0 heterocycles. The second kappa shape index (κ2) is 7.51. The third-order valence-corrected chi connectivity index (χ3v) is 1.37. The molecule has 0 aromatic rings. The highest BCUT2D eigenvalue weighted by molar-refractivity contribution is 5.78. The Morgan fingerprint density at radius 3 is 2.46 bits per heavy atom. The zero-order valence-corrected chi connectivity index (χ0v) is 7.54. The summed E-state index contributed by atoms with van der Waals surface area (Å²) in [5, 5.41) is 10.9. The zero-order valence-electron chi connectivity index (χ0n) is 7.54. The lowest BCUT2D eigenvalue weighted by Crippen LogP contribution is -2.32. The van der Waals surface area contributed by atoms with E-state index in [0.29, 0.717) is 6.54 Å². The lowest BCUT2D eigenvalue weighted by Gasteiger charge is -2.05. The molecule has 6 heteroatoms. The molecule has 0 spiro atoms. The van der Waals surface area contributed by atoms with Crippen LogP contribution >= 0.6 is 0 Å². The first-order chi connectivity index (χ1) is 5.57. The summed E-state index contributed by atoms with van der Waals surface area (Å²) in [6.45, 7) is 2.36. The van der Waals surface area contributed by atoms with Crippen LogP contribution in [0.1, 0.15) is 19.8 Å². The molecular weight excluding hydrogens is 176 g/mol. The average molecular weight is 192 g/mol. The minimum Gasteiger partial charge on any atom is -0.480 e. The van der Waals surface area contributed by atoms with Crippen LogP contribution in [0.3, 0.4) is 0 Å². The molecule has 6 nitrogen and oxygen atoms in total. The van der Waals surface area contributed by atoms with Gasteiger partial charge in [-0.15, -0.1) is 0 Å². The minimum absolute atomic E-state index is 0. The number of nitrogens with one attached hydrogen (secondary N) is 1. The first-order valence-electron chi connectivity index (χ1n) is 3.83. The molecular formula is C7H16N2O4. The molecule has 0 aromatic heterocycles. The number of aliphatic carboxylic acids is 1. The van der Waals surface area contributed by atoms with Gasteiger partial charge in [0.2, 0.25) is 5.91 Å². The van der Waals surface area contributed by atoms with Crippen LogP contribution in [0.15, 0.2) is 0 Å². The largest absolute Gasteiger partial charge is 0.480 e. The molecule has 6 N–H and O–H groups in total. The number of carboxylic acid groups (broad SMARTS) is 1. The fourth-order valence-electron chi connectivity index (χ4n) is 0.696. The second-order valence-corrected chi connectivity index (χ2v) is 2.44. The van der Waals surface area contributed by atoms with Crippen molar-refractivity contribution in [3.8, 4) is 0 Å². The molecule has 0 aliphatic carbocycles. The average Bonchev–Trinajstić information content (AvgIpc) is 2.00. The van der Waals surface area contributed by atoms with E-state index in [1.54, 1.807) is 6.92 Å². The van der Waals surface area contributed by atoms with Gasteiger partial charge in [-0.3, -0.25) is 9.59 Å². The summed E-state index contributed by atoms with van der Waals surface area (Å²) < 4.78 is 0. The van der Waals surface area contributed by atoms with E-state index in [2.05, 4.69) is 5.32 Å². The Morgan fingerprint density at radius 1 is 1.54 bits per heavy atom. The van der Waals surface area contributed by atoms with E-state index in [9.17, 15) is 9.59 Å². The normalized spacial score (nSPS) is 11.2. The van der Waals surface area contributed by atoms with Gasteiger partial charge in [0.05, 0.1) is 0 Å². The summed E-state index contributed by atoms with van der Waals surface area (Å²) >= 11 is 0. The molecule has 1 amide bonds. The van der Waals surface area contributed by atoms with E-state index in [1.165, 1.54) is 0 Å². The van der Waals surface area contributed by atoms with Crippen LogP contribution in [-0.2, 0) is 9.59 Å². The van der Waals surface area contributed by atoms with Gasteiger partial charge in [0.15, 0.2) is 0 Å². The molecule has 78 valence electrons. The predicted octanol–water partition coefficient (Wildman–Crippen LogP) is -1.51. The fourth-order valence-corrected chi connectivity index (χ4v) is 0.696. The summed E-state index contributed by atoms with van der Waals surface area (Å²) in [5.41, 5.74) is 5.18. The summed E-state index contributed by atoms with van der Waals surface area (Å²) in [7, 11) is 0. The Balaban J connectivity index is 0. The molecule has 0 fully saturated rings. The molecule has 0 radical (unpaired) electrons. The zero-order chi connectivity index (χ0) is 9.56. The number of carbonyl (C=O) groups is 2. The Bertz CT molecular complexity index is 172. The monoisotopic (exact) mass is 192 g/mol. The van der Waals surface area contributed by atoms with Gasteiger partial charge in [-0.25, -0.2) is 0 Å². The van der Waals surface area contributed by atoms with Crippen LogP contribution in [0.5, 0.6) is 0 Å². The molecule has 0 rings (SSSR count). The van der Waals surface area contributed by atoms with Crippen molar-refractivity contribution in [2.75, 3.05) is 6.54 Å². The quantitative estimate of drug-likeness (QED) is 0.489. The Labute approximate surface area is 76.4 Å². The van der Waals surface area contributed by atoms with Crippen LogP contribution in [0, 0.1) is 0 Å². The van der Waals surface area contributed by atoms with Gasteiger partial charge < -0.3 is 21.6 Å². The number of hydrogen-bond acceptors (Lipinski definition) is 3. The van der Waals surface area contributed by atoms with Crippen LogP contribution < -0.4 is 11.1 Å². The standard InChI is InChI=1S/C7H14N2O3.H2O/c1-2-9-6(10)4-3-5(8)7(11)12;/h5H,2-4,8H2,1H3,(H,9,10)(H,11,12);1H2/t5-;/m0./s1. The van der Waals surface area contributed by atoms with Crippen LogP contribution in [-0.4, -0.2) is 35.0 Å². The highest BCUT2D eigenvalue weighted by Crippen LogP contribution is 1.93. The molecule has 0 saturated heterocycles. The van der Waals surface area contributed by atoms with Gasteiger partial charge >= 0.3 is 5.97 Å². The lowest BCUT2D eigenvalue weighted by atomic mass is 10.1. The number of carbonyl (C=O) groups excluding carboxylic acids is 1. The number of nitrogens with two attached hydrogens (primary N) is 1. The predicted molar refractivity (Wildman–Crippen MR) is 47.1 cm³/mol. The first kappa shape index (κ1) is 14.4. The maximum Gasteiger partial charge on any atom is 0.320 e. The molecule has 13 heavy (non-hydrogen) atoms. The number of hydrogen-bond donors (Lipinski definition) is 3. The fraction of sp³-hybridized carbons (Fsp3) is 0.714. The van der Waals surface area contributed by atoms with E-state index < -0.39 is 12.0 Å². The maximum atomic E-state index is 10.8. The summed E-state index contributed by atoms with van der Waals surface area (Å²) in [6.07, 6.45) is 0.350. The number of amides is 1. The minimum atomic E-state index is -1.07. The molecule has 0 unspecified atom stereocenters. The lowest BCUT2D eigenvalue weighted by molar-refractivity contribution is -0.138. The van der Waals surface area contributed by atoms with Crippen molar-refractivity contribution >= 4 is 11.9 Å². The highest BCUT2D eigenvalue weighted by atomic mass is 16.4. The van der Waals surface area contributed by atoms with Gasteiger partial charge in [-0.1, -0.05) is 0 Å². The summed E-state index contributed by atoms with van der Waals surface area (Å²) in [6, 6.07) is -0.937.